The highest BCUT2D eigenvalue weighted by molar-refractivity contribution is 5.38. The van der Waals surface area contributed by atoms with Gasteiger partial charge in [-0.25, -0.2) is 0 Å². The molecule has 0 aromatic carbocycles. The molecule has 2 rings (SSSR count). The number of aromatic nitrogens is 2. The fourth-order valence-corrected chi connectivity index (χ4v) is 1.98. The molecule has 4 heteroatoms. The fourth-order valence-electron chi connectivity index (χ4n) is 1.98. The van der Waals surface area contributed by atoms with E-state index in [1.54, 1.807) is 0 Å². The van der Waals surface area contributed by atoms with E-state index in [0.717, 1.165) is 38.2 Å². The topological polar surface area (TPSA) is 41.3 Å². The second-order valence-electron chi connectivity index (χ2n) is 3.88. The highest BCUT2D eigenvalue weighted by Crippen LogP contribution is 2.18. The third-order valence-electron chi connectivity index (χ3n) is 2.82. The van der Waals surface area contributed by atoms with Gasteiger partial charge in [0.1, 0.15) is 5.82 Å². The van der Waals surface area contributed by atoms with Crippen LogP contribution in [0, 0.1) is 0 Å². The van der Waals surface area contributed by atoms with Gasteiger partial charge in [0.15, 0.2) is 0 Å². The first-order valence-electron chi connectivity index (χ1n) is 5.18. The molecule has 1 fully saturated rings. The highest BCUT2D eigenvalue weighted by atomic mass is 16.3. The zero-order chi connectivity index (χ0) is 9.97. The zero-order valence-corrected chi connectivity index (χ0v) is 8.56. The molecule has 78 valence electrons. The van der Waals surface area contributed by atoms with Crippen molar-refractivity contribution in [2.24, 2.45) is 7.05 Å². The lowest BCUT2D eigenvalue weighted by Crippen LogP contribution is -2.26. The van der Waals surface area contributed by atoms with E-state index >= 15 is 0 Å². The van der Waals surface area contributed by atoms with Gasteiger partial charge in [0, 0.05) is 26.2 Å². The lowest BCUT2D eigenvalue weighted by atomic mass is 10.2. The molecule has 1 aliphatic heterocycles. The average Bonchev–Trinajstić information content (AvgIpc) is 2.46. The summed E-state index contributed by atoms with van der Waals surface area (Å²) in [5.74, 6) is 1.15. The maximum Gasteiger partial charge on any atom is 0.126 e. The number of anilines is 1. The van der Waals surface area contributed by atoms with Crippen LogP contribution in [0.4, 0.5) is 5.82 Å². The Hall–Kier alpha value is -1.03. The largest absolute Gasteiger partial charge is 0.393 e. The lowest BCUT2D eigenvalue weighted by molar-refractivity contribution is 0.161. The molecule has 1 unspecified atom stereocenters. The predicted octanol–water partition coefficient (Wildman–Crippen LogP) is 0.771. The van der Waals surface area contributed by atoms with Crippen molar-refractivity contribution in [3.05, 3.63) is 12.3 Å². The van der Waals surface area contributed by atoms with Gasteiger partial charge < -0.3 is 10.0 Å². The molecule has 1 aromatic rings. The van der Waals surface area contributed by atoms with Crippen molar-refractivity contribution in [1.82, 2.24) is 9.78 Å². The number of aliphatic hydroxyl groups is 1. The Morgan fingerprint density at radius 3 is 3.00 bits per heavy atom. The molecule has 1 saturated heterocycles. The molecular formula is C10H17N3O. The summed E-state index contributed by atoms with van der Waals surface area (Å²) in [5, 5.41) is 13.7. The summed E-state index contributed by atoms with van der Waals surface area (Å²) >= 11 is 0. The van der Waals surface area contributed by atoms with E-state index in [1.807, 2.05) is 24.0 Å². The third-order valence-corrected chi connectivity index (χ3v) is 2.82. The number of rotatable bonds is 1. The number of hydrogen-bond acceptors (Lipinski definition) is 3. The second kappa shape index (κ2) is 4.00. The summed E-state index contributed by atoms with van der Waals surface area (Å²) < 4.78 is 1.89. The van der Waals surface area contributed by atoms with E-state index in [0.29, 0.717) is 0 Å². The minimum absolute atomic E-state index is 0.117. The van der Waals surface area contributed by atoms with E-state index in [-0.39, 0.29) is 6.10 Å². The van der Waals surface area contributed by atoms with Crippen LogP contribution in [0.15, 0.2) is 12.3 Å². The standard InChI is InChI=1S/C10H17N3O/c1-12-10(4-6-11-12)13-7-2-3-9(14)5-8-13/h4,6,9,14H,2-3,5,7-8H2,1H3. The molecular weight excluding hydrogens is 178 g/mol. The van der Waals surface area contributed by atoms with Crippen LogP contribution in [0.5, 0.6) is 0 Å². The molecule has 14 heavy (non-hydrogen) atoms. The monoisotopic (exact) mass is 195 g/mol. The van der Waals surface area contributed by atoms with Gasteiger partial charge in [-0.05, 0) is 19.3 Å². The molecule has 0 radical (unpaired) electrons. The Kier molecular flexibility index (Phi) is 2.72. The van der Waals surface area contributed by atoms with Crippen LogP contribution in [0.25, 0.3) is 0 Å². The quantitative estimate of drug-likeness (QED) is 0.719. The number of nitrogens with zero attached hydrogens (tertiary/aromatic N) is 3. The summed E-state index contributed by atoms with van der Waals surface area (Å²) in [6, 6.07) is 2.03. The Bertz CT molecular complexity index is 297. The van der Waals surface area contributed by atoms with E-state index in [2.05, 4.69) is 10.00 Å². The van der Waals surface area contributed by atoms with Crippen LogP contribution in [0.2, 0.25) is 0 Å². The van der Waals surface area contributed by atoms with Crippen molar-refractivity contribution in [1.29, 1.82) is 0 Å². The first-order chi connectivity index (χ1) is 6.77. The second-order valence-corrected chi connectivity index (χ2v) is 3.88. The van der Waals surface area contributed by atoms with Gasteiger partial charge in [-0.2, -0.15) is 5.10 Å². The fraction of sp³-hybridized carbons (Fsp3) is 0.700. The molecule has 1 aliphatic rings. The smallest absolute Gasteiger partial charge is 0.126 e. The molecule has 1 N–H and O–H groups in total. The first kappa shape index (κ1) is 9.52. The van der Waals surface area contributed by atoms with Gasteiger partial charge >= 0.3 is 0 Å². The van der Waals surface area contributed by atoms with E-state index in [9.17, 15) is 5.11 Å². The van der Waals surface area contributed by atoms with Gasteiger partial charge in [-0.3, -0.25) is 4.68 Å². The minimum Gasteiger partial charge on any atom is -0.393 e. The minimum atomic E-state index is -0.117. The Morgan fingerprint density at radius 2 is 2.29 bits per heavy atom. The summed E-state index contributed by atoms with van der Waals surface area (Å²) in [7, 11) is 1.96. The van der Waals surface area contributed by atoms with E-state index < -0.39 is 0 Å². The van der Waals surface area contributed by atoms with Crippen LogP contribution < -0.4 is 4.90 Å². The molecule has 0 saturated carbocycles. The number of hydrogen-bond donors (Lipinski definition) is 1. The van der Waals surface area contributed by atoms with Crippen molar-refractivity contribution >= 4 is 5.82 Å². The summed E-state index contributed by atoms with van der Waals surface area (Å²) in [6.45, 7) is 1.96. The molecule has 0 bridgehead atoms. The van der Waals surface area contributed by atoms with E-state index in [1.165, 1.54) is 0 Å². The number of aryl methyl sites for hydroxylation is 1. The van der Waals surface area contributed by atoms with Crippen LogP contribution in [-0.4, -0.2) is 34.1 Å². The van der Waals surface area contributed by atoms with Crippen molar-refractivity contribution in [2.45, 2.75) is 25.4 Å². The Balaban J connectivity index is 2.08. The highest BCUT2D eigenvalue weighted by Gasteiger charge is 2.16. The van der Waals surface area contributed by atoms with Crippen LogP contribution >= 0.6 is 0 Å². The molecule has 4 nitrogen and oxygen atoms in total. The predicted molar refractivity (Wildman–Crippen MR) is 55.3 cm³/mol. The van der Waals surface area contributed by atoms with Gasteiger partial charge in [0.25, 0.3) is 0 Å². The summed E-state index contributed by atoms with van der Waals surface area (Å²) in [4.78, 5) is 2.29. The van der Waals surface area contributed by atoms with Gasteiger partial charge in [0.05, 0.1) is 12.3 Å². The summed E-state index contributed by atoms with van der Waals surface area (Å²) in [6.07, 6.45) is 4.55. The van der Waals surface area contributed by atoms with Crippen molar-refractivity contribution < 1.29 is 5.11 Å². The molecule has 0 aliphatic carbocycles. The van der Waals surface area contributed by atoms with Gasteiger partial charge in [0.2, 0.25) is 0 Å². The SMILES string of the molecule is Cn1nccc1N1CCCC(O)CC1. The van der Waals surface area contributed by atoms with Crippen molar-refractivity contribution in [3.63, 3.8) is 0 Å². The summed E-state index contributed by atoms with van der Waals surface area (Å²) in [5.41, 5.74) is 0. The normalized spacial score (nSPS) is 23.6. The molecule has 0 amide bonds. The third kappa shape index (κ3) is 1.90. The molecule has 2 heterocycles. The maximum absolute atomic E-state index is 9.52. The van der Waals surface area contributed by atoms with Crippen molar-refractivity contribution in [3.8, 4) is 0 Å². The van der Waals surface area contributed by atoms with Crippen molar-refractivity contribution in [2.75, 3.05) is 18.0 Å². The van der Waals surface area contributed by atoms with Gasteiger partial charge in [-0.15, -0.1) is 0 Å². The Morgan fingerprint density at radius 1 is 1.43 bits per heavy atom. The van der Waals surface area contributed by atoms with Crippen LogP contribution in [-0.2, 0) is 7.05 Å². The number of aliphatic hydroxyl groups excluding tert-OH is 1. The van der Waals surface area contributed by atoms with Gasteiger partial charge in [-0.1, -0.05) is 0 Å². The first-order valence-corrected chi connectivity index (χ1v) is 5.18. The lowest BCUT2D eigenvalue weighted by Gasteiger charge is -2.21. The van der Waals surface area contributed by atoms with Crippen LogP contribution in [0.3, 0.4) is 0 Å². The molecule has 1 aromatic heterocycles. The molecule has 0 spiro atoms. The van der Waals surface area contributed by atoms with E-state index in [4.69, 9.17) is 0 Å². The maximum atomic E-state index is 9.52. The van der Waals surface area contributed by atoms with Crippen LogP contribution in [0.1, 0.15) is 19.3 Å². The molecule has 1 atom stereocenters. The average molecular weight is 195 g/mol. The zero-order valence-electron chi connectivity index (χ0n) is 8.56. The Labute approximate surface area is 84.1 Å².